The fraction of sp³-hybridized carbons (Fsp3) is 0.381. The Bertz CT molecular complexity index is 946. The molecule has 1 aliphatic rings. The zero-order valence-electron chi connectivity index (χ0n) is 15.4. The molecule has 1 aromatic carbocycles. The molecule has 1 atom stereocenters. The number of pyridine rings is 1. The van der Waals surface area contributed by atoms with Gasteiger partial charge in [-0.2, -0.15) is 0 Å². The lowest BCUT2D eigenvalue weighted by Gasteiger charge is -2.18. The fourth-order valence-corrected chi connectivity index (χ4v) is 3.87. The van der Waals surface area contributed by atoms with Gasteiger partial charge >= 0.3 is 0 Å². The van der Waals surface area contributed by atoms with Crippen LogP contribution in [0.1, 0.15) is 47.4 Å². The van der Waals surface area contributed by atoms with Gasteiger partial charge in [0.2, 0.25) is 0 Å². The van der Waals surface area contributed by atoms with Crippen LogP contribution in [0.3, 0.4) is 0 Å². The fourth-order valence-electron chi connectivity index (χ4n) is 3.87. The molecule has 1 aliphatic heterocycles. The summed E-state index contributed by atoms with van der Waals surface area (Å²) in [5.74, 6) is 1.46. The van der Waals surface area contributed by atoms with E-state index in [2.05, 4.69) is 16.5 Å². The first-order valence-corrected chi connectivity index (χ1v) is 9.35. The van der Waals surface area contributed by atoms with Gasteiger partial charge in [0.1, 0.15) is 11.3 Å². The second kappa shape index (κ2) is 6.90. The van der Waals surface area contributed by atoms with E-state index in [9.17, 15) is 4.79 Å². The standard InChI is InChI=1S/C21H24N4O/c1-3-12-25-19(23-18-9-6-11-22-20(18)25)16-10-13-24(14-16)21(26)17-8-5-4-7-15(17)2/h4-9,11,16H,3,10,12-14H2,1-2H3/t16-/m0/s1. The maximum atomic E-state index is 12.9. The number of carbonyl (C=O) groups is 1. The number of hydrogen-bond acceptors (Lipinski definition) is 3. The smallest absolute Gasteiger partial charge is 0.254 e. The SMILES string of the molecule is CCCn1c([C@H]2CCN(C(=O)c3ccccc3C)C2)nc2cccnc21. The van der Waals surface area contributed by atoms with E-state index in [4.69, 9.17) is 4.98 Å². The van der Waals surface area contributed by atoms with E-state index in [1.54, 1.807) is 0 Å². The number of amides is 1. The maximum Gasteiger partial charge on any atom is 0.254 e. The molecule has 4 rings (SSSR count). The predicted octanol–water partition coefficient (Wildman–Crippen LogP) is 3.78. The molecule has 2 aromatic heterocycles. The van der Waals surface area contributed by atoms with Crippen LogP contribution in [-0.2, 0) is 6.54 Å². The van der Waals surface area contributed by atoms with Crippen LogP contribution in [-0.4, -0.2) is 38.4 Å². The molecular weight excluding hydrogens is 324 g/mol. The van der Waals surface area contributed by atoms with Crippen LogP contribution in [0.5, 0.6) is 0 Å². The average molecular weight is 348 g/mol. The Balaban J connectivity index is 1.61. The molecule has 1 amide bonds. The van der Waals surface area contributed by atoms with Crippen molar-refractivity contribution < 1.29 is 4.79 Å². The number of imidazole rings is 1. The number of hydrogen-bond donors (Lipinski definition) is 0. The van der Waals surface area contributed by atoms with Gasteiger partial charge in [0.25, 0.3) is 5.91 Å². The summed E-state index contributed by atoms with van der Waals surface area (Å²) in [6, 6.07) is 11.8. The summed E-state index contributed by atoms with van der Waals surface area (Å²) < 4.78 is 2.24. The van der Waals surface area contributed by atoms with Crippen molar-refractivity contribution in [2.24, 2.45) is 0 Å². The minimum Gasteiger partial charge on any atom is -0.338 e. The Hall–Kier alpha value is -2.69. The van der Waals surface area contributed by atoms with Crippen molar-refractivity contribution in [2.75, 3.05) is 13.1 Å². The third kappa shape index (κ3) is 2.87. The Labute approximate surface area is 153 Å². The van der Waals surface area contributed by atoms with Crippen molar-refractivity contribution in [3.63, 3.8) is 0 Å². The Morgan fingerprint density at radius 2 is 2.08 bits per heavy atom. The van der Waals surface area contributed by atoms with E-state index in [1.807, 2.05) is 54.4 Å². The lowest BCUT2D eigenvalue weighted by atomic mass is 10.1. The molecule has 0 spiro atoms. The first-order chi connectivity index (χ1) is 12.7. The van der Waals surface area contributed by atoms with E-state index >= 15 is 0 Å². The molecule has 5 heteroatoms. The van der Waals surface area contributed by atoms with E-state index in [1.165, 1.54) is 0 Å². The minimum atomic E-state index is 0.127. The summed E-state index contributed by atoms with van der Waals surface area (Å²) in [5.41, 5.74) is 3.73. The van der Waals surface area contributed by atoms with Crippen LogP contribution in [0.15, 0.2) is 42.6 Å². The van der Waals surface area contributed by atoms with Crippen molar-refractivity contribution in [3.8, 4) is 0 Å². The van der Waals surface area contributed by atoms with Crippen LogP contribution in [0.25, 0.3) is 11.2 Å². The molecule has 3 heterocycles. The van der Waals surface area contributed by atoms with Gasteiger partial charge in [-0.1, -0.05) is 25.1 Å². The van der Waals surface area contributed by atoms with Crippen LogP contribution in [0, 0.1) is 6.92 Å². The quantitative estimate of drug-likeness (QED) is 0.721. The summed E-state index contributed by atoms with van der Waals surface area (Å²) >= 11 is 0. The number of likely N-dealkylation sites (tertiary alicyclic amines) is 1. The van der Waals surface area contributed by atoms with Gasteiger partial charge in [-0.3, -0.25) is 4.79 Å². The van der Waals surface area contributed by atoms with Crippen molar-refractivity contribution >= 4 is 17.1 Å². The van der Waals surface area contributed by atoms with E-state index < -0.39 is 0 Å². The first-order valence-electron chi connectivity index (χ1n) is 9.35. The minimum absolute atomic E-state index is 0.127. The number of nitrogens with zero attached hydrogens (tertiary/aromatic N) is 4. The monoisotopic (exact) mass is 348 g/mol. The van der Waals surface area contributed by atoms with Crippen molar-refractivity contribution in [1.29, 1.82) is 0 Å². The first kappa shape index (κ1) is 16.8. The van der Waals surface area contributed by atoms with Gasteiger partial charge in [0.05, 0.1) is 0 Å². The average Bonchev–Trinajstić information content (AvgIpc) is 3.27. The number of benzene rings is 1. The molecule has 0 radical (unpaired) electrons. The van der Waals surface area contributed by atoms with Crippen molar-refractivity contribution in [1.82, 2.24) is 19.4 Å². The zero-order chi connectivity index (χ0) is 18.1. The molecule has 26 heavy (non-hydrogen) atoms. The molecule has 0 bridgehead atoms. The predicted molar refractivity (Wildman–Crippen MR) is 102 cm³/mol. The summed E-state index contributed by atoms with van der Waals surface area (Å²) in [4.78, 5) is 24.3. The van der Waals surface area contributed by atoms with Gasteiger partial charge in [-0.25, -0.2) is 9.97 Å². The van der Waals surface area contributed by atoms with E-state index in [0.29, 0.717) is 0 Å². The van der Waals surface area contributed by atoms with E-state index in [-0.39, 0.29) is 11.8 Å². The number of aryl methyl sites for hydroxylation is 2. The third-order valence-electron chi connectivity index (χ3n) is 5.20. The van der Waals surface area contributed by atoms with Gasteiger partial charge in [0, 0.05) is 37.3 Å². The summed E-state index contributed by atoms with van der Waals surface area (Å²) in [6.45, 7) is 6.57. The molecule has 1 saturated heterocycles. The third-order valence-corrected chi connectivity index (χ3v) is 5.20. The van der Waals surface area contributed by atoms with Crippen molar-refractivity contribution in [2.45, 2.75) is 39.2 Å². The molecule has 3 aromatic rings. The molecule has 0 saturated carbocycles. The van der Waals surface area contributed by atoms with Crippen LogP contribution in [0.4, 0.5) is 0 Å². The van der Waals surface area contributed by atoms with Crippen LogP contribution in [0.2, 0.25) is 0 Å². The Morgan fingerprint density at radius 1 is 1.23 bits per heavy atom. The summed E-state index contributed by atoms with van der Waals surface area (Å²) in [5, 5.41) is 0. The second-order valence-electron chi connectivity index (χ2n) is 7.02. The number of fused-ring (bicyclic) bond motifs is 1. The molecule has 0 N–H and O–H groups in total. The highest BCUT2D eigenvalue weighted by atomic mass is 16.2. The number of carbonyl (C=O) groups excluding carboxylic acids is 1. The van der Waals surface area contributed by atoms with Gasteiger partial charge in [-0.05, 0) is 43.5 Å². The lowest BCUT2D eigenvalue weighted by molar-refractivity contribution is 0.0789. The van der Waals surface area contributed by atoms with Gasteiger partial charge < -0.3 is 9.47 Å². The zero-order valence-corrected chi connectivity index (χ0v) is 15.4. The van der Waals surface area contributed by atoms with Crippen molar-refractivity contribution in [3.05, 3.63) is 59.5 Å². The maximum absolute atomic E-state index is 12.9. The highest BCUT2D eigenvalue weighted by Crippen LogP contribution is 2.30. The normalized spacial score (nSPS) is 17.2. The van der Waals surface area contributed by atoms with E-state index in [0.717, 1.165) is 60.6 Å². The molecule has 1 fully saturated rings. The molecule has 5 nitrogen and oxygen atoms in total. The van der Waals surface area contributed by atoms with Crippen LogP contribution < -0.4 is 0 Å². The lowest BCUT2D eigenvalue weighted by Crippen LogP contribution is -2.29. The highest BCUT2D eigenvalue weighted by molar-refractivity contribution is 5.95. The topological polar surface area (TPSA) is 51.0 Å². The second-order valence-corrected chi connectivity index (χ2v) is 7.02. The number of rotatable bonds is 4. The largest absolute Gasteiger partial charge is 0.338 e. The highest BCUT2D eigenvalue weighted by Gasteiger charge is 2.31. The van der Waals surface area contributed by atoms with Gasteiger partial charge in [0.15, 0.2) is 5.65 Å². The molecule has 0 unspecified atom stereocenters. The molecule has 134 valence electrons. The summed E-state index contributed by atoms with van der Waals surface area (Å²) in [6.07, 6.45) is 3.81. The number of aromatic nitrogens is 3. The summed E-state index contributed by atoms with van der Waals surface area (Å²) in [7, 11) is 0. The Kier molecular flexibility index (Phi) is 4.45. The Morgan fingerprint density at radius 3 is 2.88 bits per heavy atom. The molecule has 0 aliphatic carbocycles. The molecular formula is C21H24N4O. The van der Waals surface area contributed by atoms with Crippen LogP contribution >= 0.6 is 0 Å². The van der Waals surface area contributed by atoms with Gasteiger partial charge in [-0.15, -0.1) is 0 Å².